The Morgan fingerprint density at radius 3 is 2.50 bits per heavy atom. The van der Waals surface area contributed by atoms with Crippen LogP contribution in [-0.2, 0) is 14.6 Å². The van der Waals surface area contributed by atoms with Gasteiger partial charge in [0.05, 0.1) is 0 Å². The van der Waals surface area contributed by atoms with E-state index in [1.54, 1.807) is 6.92 Å². The number of sulfone groups is 1. The highest BCUT2D eigenvalue weighted by molar-refractivity contribution is 7.91. The van der Waals surface area contributed by atoms with Crippen molar-refractivity contribution < 1.29 is 17.4 Å². The van der Waals surface area contributed by atoms with Gasteiger partial charge in [0.2, 0.25) is 11.7 Å². The molecular weight excluding hydrogens is 282 g/mol. The van der Waals surface area contributed by atoms with Crippen molar-refractivity contribution in [1.29, 1.82) is 0 Å². The van der Waals surface area contributed by atoms with E-state index in [4.69, 9.17) is 8.94 Å². The van der Waals surface area contributed by atoms with Crippen molar-refractivity contribution in [3.8, 4) is 11.5 Å². The zero-order valence-electron chi connectivity index (χ0n) is 11.3. The first-order chi connectivity index (χ1) is 9.42. The Kier molecular flexibility index (Phi) is 2.93. The summed E-state index contributed by atoms with van der Waals surface area (Å²) in [4.78, 5) is 8.34. The Bertz CT molecular complexity index is 725. The van der Waals surface area contributed by atoms with Crippen molar-refractivity contribution in [1.82, 2.24) is 15.1 Å². The van der Waals surface area contributed by atoms with Gasteiger partial charge in [-0.25, -0.2) is 13.4 Å². The van der Waals surface area contributed by atoms with Crippen molar-refractivity contribution in [2.24, 2.45) is 0 Å². The summed E-state index contributed by atoms with van der Waals surface area (Å²) in [5.74, 6) is 0.907. The minimum Gasteiger partial charge on any atom is -0.449 e. The zero-order chi connectivity index (χ0) is 14.4. The van der Waals surface area contributed by atoms with Gasteiger partial charge in [-0.05, 0) is 12.8 Å². The molecule has 0 aromatic carbocycles. The molecule has 8 heteroatoms. The van der Waals surface area contributed by atoms with Crippen LogP contribution in [0, 0.1) is 6.92 Å². The van der Waals surface area contributed by atoms with E-state index in [1.807, 2.05) is 0 Å². The highest BCUT2D eigenvalue weighted by Gasteiger charge is 2.49. The van der Waals surface area contributed by atoms with Crippen LogP contribution in [0.4, 0.5) is 0 Å². The van der Waals surface area contributed by atoms with Crippen molar-refractivity contribution in [2.45, 2.75) is 37.4 Å². The number of hydrogen-bond donors (Lipinski definition) is 0. The molecule has 108 valence electrons. The van der Waals surface area contributed by atoms with E-state index in [0.29, 0.717) is 24.4 Å². The molecule has 0 atom stereocenters. The summed E-state index contributed by atoms with van der Waals surface area (Å²) in [7, 11) is -3.32. The number of aromatic nitrogens is 3. The van der Waals surface area contributed by atoms with Crippen LogP contribution in [0.5, 0.6) is 0 Å². The fourth-order valence-corrected chi connectivity index (χ4v) is 4.10. The predicted octanol–water partition coefficient (Wildman–Crippen LogP) is 1.85. The molecule has 1 fully saturated rings. The molecule has 0 N–H and O–H groups in total. The summed E-state index contributed by atoms with van der Waals surface area (Å²) < 4.78 is 33.6. The van der Waals surface area contributed by atoms with Crippen molar-refractivity contribution in [3.63, 3.8) is 0 Å². The lowest BCUT2D eigenvalue weighted by atomic mass is 10.1. The van der Waals surface area contributed by atoms with E-state index >= 15 is 0 Å². The van der Waals surface area contributed by atoms with Crippen LogP contribution in [0.25, 0.3) is 11.5 Å². The Morgan fingerprint density at radius 2 is 1.95 bits per heavy atom. The first-order valence-corrected chi connectivity index (χ1v) is 8.28. The number of nitrogens with zero attached hydrogens (tertiary/aromatic N) is 3. The van der Waals surface area contributed by atoms with E-state index in [1.165, 1.54) is 12.5 Å². The number of aryl methyl sites for hydroxylation is 1. The molecule has 2 aromatic heterocycles. The van der Waals surface area contributed by atoms with Gasteiger partial charge in [0.15, 0.2) is 20.5 Å². The third-order valence-corrected chi connectivity index (χ3v) is 5.79. The number of hydrogen-bond acceptors (Lipinski definition) is 7. The Hall–Kier alpha value is -1.70. The van der Waals surface area contributed by atoms with Crippen LogP contribution in [0.15, 0.2) is 15.2 Å². The fourth-order valence-electron chi connectivity index (χ4n) is 2.67. The van der Waals surface area contributed by atoms with Crippen LogP contribution in [0.1, 0.15) is 37.5 Å². The smallest absolute Gasteiger partial charge is 0.248 e. The maximum Gasteiger partial charge on any atom is 0.248 e. The lowest BCUT2D eigenvalue weighted by Crippen LogP contribution is -2.32. The van der Waals surface area contributed by atoms with Crippen LogP contribution < -0.4 is 0 Å². The van der Waals surface area contributed by atoms with Gasteiger partial charge >= 0.3 is 0 Å². The van der Waals surface area contributed by atoms with E-state index in [9.17, 15) is 8.42 Å². The third kappa shape index (κ3) is 1.94. The Labute approximate surface area is 116 Å². The van der Waals surface area contributed by atoms with Gasteiger partial charge in [-0.2, -0.15) is 4.98 Å². The summed E-state index contributed by atoms with van der Waals surface area (Å²) in [5.41, 5.74) is 0.444. The van der Waals surface area contributed by atoms with Crippen LogP contribution >= 0.6 is 0 Å². The van der Waals surface area contributed by atoms with E-state index in [0.717, 1.165) is 12.8 Å². The van der Waals surface area contributed by atoms with Crippen molar-refractivity contribution in [2.75, 3.05) is 6.26 Å². The second-order valence-electron chi connectivity index (χ2n) is 5.15. The molecule has 1 aliphatic rings. The minimum absolute atomic E-state index is 0.160. The summed E-state index contributed by atoms with van der Waals surface area (Å²) in [6.07, 6.45) is 5.37. The van der Waals surface area contributed by atoms with Gasteiger partial charge in [-0.1, -0.05) is 18.0 Å². The molecule has 2 aromatic rings. The Morgan fingerprint density at radius 1 is 1.25 bits per heavy atom. The standard InChI is InChI=1S/C12H15N3O4S/c1-8-13-9(7-18-8)10-14-11(19-15-10)12(20(2,16)17)5-3-4-6-12/h7H,3-6H2,1-2H3. The molecule has 1 saturated carbocycles. The maximum atomic E-state index is 12.1. The molecule has 0 amide bonds. The molecule has 1 aliphatic carbocycles. The largest absolute Gasteiger partial charge is 0.449 e. The minimum atomic E-state index is -3.32. The van der Waals surface area contributed by atoms with Crippen LogP contribution in [-0.4, -0.2) is 29.8 Å². The van der Waals surface area contributed by atoms with E-state index in [-0.39, 0.29) is 11.7 Å². The maximum absolute atomic E-state index is 12.1. The summed E-state index contributed by atoms with van der Waals surface area (Å²) in [6, 6.07) is 0. The molecular formula is C12H15N3O4S. The molecule has 2 heterocycles. The van der Waals surface area contributed by atoms with Gasteiger partial charge in [0.1, 0.15) is 12.0 Å². The molecule has 7 nitrogen and oxygen atoms in total. The fraction of sp³-hybridized carbons (Fsp3) is 0.583. The average Bonchev–Trinajstić information content (AvgIpc) is 3.07. The summed E-state index contributed by atoms with van der Waals surface area (Å²) >= 11 is 0. The van der Waals surface area contributed by atoms with Crippen molar-refractivity contribution in [3.05, 3.63) is 18.0 Å². The average molecular weight is 297 g/mol. The van der Waals surface area contributed by atoms with Gasteiger partial charge in [-0.3, -0.25) is 0 Å². The predicted molar refractivity (Wildman–Crippen MR) is 69.5 cm³/mol. The second-order valence-corrected chi connectivity index (χ2v) is 7.47. The highest BCUT2D eigenvalue weighted by Crippen LogP contribution is 2.44. The quantitative estimate of drug-likeness (QED) is 0.852. The first kappa shape index (κ1) is 13.3. The normalized spacial score (nSPS) is 18.5. The topological polar surface area (TPSA) is 99.1 Å². The van der Waals surface area contributed by atoms with Crippen LogP contribution in [0.2, 0.25) is 0 Å². The van der Waals surface area contributed by atoms with Gasteiger partial charge < -0.3 is 8.94 Å². The van der Waals surface area contributed by atoms with Gasteiger partial charge in [0, 0.05) is 13.2 Å². The first-order valence-electron chi connectivity index (χ1n) is 6.39. The highest BCUT2D eigenvalue weighted by atomic mass is 32.2. The molecule has 0 radical (unpaired) electrons. The van der Waals surface area contributed by atoms with Crippen LogP contribution in [0.3, 0.4) is 0 Å². The monoisotopic (exact) mass is 297 g/mol. The molecule has 0 unspecified atom stereocenters. The molecule has 0 bridgehead atoms. The second kappa shape index (κ2) is 4.41. The number of oxazole rings is 1. The SMILES string of the molecule is Cc1nc(-c2noc(C3(S(C)(=O)=O)CCCC3)n2)co1. The summed E-state index contributed by atoms with van der Waals surface area (Å²) in [5, 5.41) is 3.83. The molecule has 0 spiro atoms. The van der Waals surface area contributed by atoms with Gasteiger partial charge in [-0.15, -0.1) is 0 Å². The van der Waals surface area contributed by atoms with E-state index in [2.05, 4.69) is 15.1 Å². The Balaban J connectivity index is 2.04. The molecule has 3 rings (SSSR count). The van der Waals surface area contributed by atoms with E-state index < -0.39 is 14.6 Å². The third-order valence-electron chi connectivity index (χ3n) is 3.78. The van der Waals surface area contributed by atoms with Gasteiger partial charge in [0.25, 0.3) is 0 Å². The zero-order valence-corrected chi connectivity index (χ0v) is 12.1. The number of rotatable bonds is 3. The molecule has 20 heavy (non-hydrogen) atoms. The molecule has 0 saturated heterocycles. The lowest BCUT2D eigenvalue weighted by molar-refractivity contribution is 0.331. The molecule has 0 aliphatic heterocycles. The lowest BCUT2D eigenvalue weighted by Gasteiger charge is -2.21. The van der Waals surface area contributed by atoms with Crippen molar-refractivity contribution >= 4 is 9.84 Å². The summed E-state index contributed by atoms with van der Waals surface area (Å²) in [6.45, 7) is 1.71.